The van der Waals surface area contributed by atoms with E-state index in [0.717, 1.165) is 39.3 Å². The molecule has 0 spiro atoms. The van der Waals surface area contributed by atoms with Gasteiger partial charge in [-0.05, 0) is 66.6 Å². The summed E-state index contributed by atoms with van der Waals surface area (Å²) in [6.07, 6.45) is 0.857. The molecule has 0 atom stereocenters. The number of nitrogens with one attached hydrogen (secondary N) is 1. The van der Waals surface area contributed by atoms with Gasteiger partial charge < -0.3 is 24.6 Å². The van der Waals surface area contributed by atoms with E-state index in [-0.39, 0.29) is 0 Å². The molecule has 1 aliphatic heterocycles. The van der Waals surface area contributed by atoms with Crippen molar-refractivity contribution < 1.29 is 24.1 Å². The largest absolute Gasteiger partial charge is 0.493 e. The third-order valence-corrected chi connectivity index (χ3v) is 6.13. The Morgan fingerprint density at radius 1 is 1.15 bits per heavy atom. The molecule has 3 rings (SSSR count). The second-order valence-corrected chi connectivity index (χ2v) is 9.22. The summed E-state index contributed by atoms with van der Waals surface area (Å²) in [5.74, 6) is 0.499. The average molecular weight is 456 g/mol. The number of ether oxygens (including phenoxy) is 3. The van der Waals surface area contributed by atoms with E-state index < -0.39 is 11.5 Å². The lowest BCUT2D eigenvalue weighted by atomic mass is 9.89. The molecule has 6 heteroatoms. The van der Waals surface area contributed by atoms with Gasteiger partial charge in [-0.15, -0.1) is 0 Å². The minimum Gasteiger partial charge on any atom is -0.493 e. The standard InChI is InChI=1S/C27H37NO5/c1-6-33-25-19(4)7-9-23(20(25)5)24-10-8-22(15-21(24)17-32-16-18(2)3)28-27(26(29)30)11-13-31-14-12-27/h7-10,15,18,28H,6,11-14,16-17H2,1-5H3,(H,29,30). The first-order chi connectivity index (χ1) is 15.8. The van der Waals surface area contributed by atoms with Crippen LogP contribution in [0.25, 0.3) is 11.1 Å². The van der Waals surface area contributed by atoms with Crippen LogP contribution in [0.3, 0.4) is 0 Å². The van der Waals surface area contributed by atoms with Gasteiger partial charge in [-0.25, -0.2) is 4.79 Å². The van der Waals surface area contributed by atoms with E-state index in [1.165, 1.54) is 0 Å². The molecular formula is C27H37NO5. The highest BCUT2D eigenvalue weighted by atomic mass is 16.5. The quantitative estimate of drug-likeness (QED) is 0.486. The van der Waals surface area contributed by atoms with E-state index in [2.05, 4.69) is 51.2 Å². The van der Waals surface area contributed by atoms with Crippen molar-refractivity contribution in [2.75, 3.05) is 31.7 Å². The van der Waals surface area contributed by atoms with E-state index in [9.17, 15) is 9.90 Å². The van der Waals surface area contributed by atoms with Gasteiger partial charge in [0.15, 0.2) is 0 Å². The van der Waals surface area contributed by atoms with Gasteiger partial charge in [0.25, 0.3) is 0 Å². The van der Waals surface area contributed by atoms with Crippen LogP contribution in [0.1, 0.15) is 50.3 Å². The molecule has 1 saturated heterocycles. The summed E-state index contributed by atoms with van der Waals surface area (Å²) in [4.78, 5) is 12.1. The van der Waals surface area contributed by atoms with Gasteiger partial charge in [-0.3, -0.25) is 0 Å². The maximum absolute atomic E-state index is 12.1. The molecule has 33 heavy (non-hydrogen) atoms. The third-order valence-electron chi connectivity index (χ3n) is 6.13. The number of carboxylic acids is 1. The van der Waals surface area contributed by atoms with Crippen molar-refractivity contribution in [3.8, 4) is 16.9 Å². The summed E-state index contributed by atoms with van der Waals surface area (Å²) in [5, 5.41) is 13.2. The summed E-state index contributed by atoms with van der Waals surface area (Å²) in [6.45, 7) is 13.0. The molecule has 180 valence electrons. The van der Waals surface area contributed by atoms with Crippen molar-refractivity contribution >= 4 is 11.7 Å². The van der Waals surface area contributed by atoms with Crippen molar-refractivity contribution in [2.24, 2.45) is 5.92 Å². The highest BCUT2D eigenvalue weighted by Gasteiger charge is 2.40. The number of carbonyl (C=O) groups is 1. The Balaban J connectivity index is 2.00. The second kappa shape index (κ2) is 11.0. The molecule has 1 aliphatic rings. The number of anilines is 1. The first kappa shape index (κ1) is 25.1. The zero-order valence-corrected chi connectivity index (χ0v) is 20.5. The van der Waals surface area contributed by atoms with Gasteiger partial charge in [-0.1, -0.05) is 32.0 Å². The zero-order valence-electron chi connectivity index (χ0n) is 20.5. The molecule has 0 bridgehead atoms. The van der Waals surface area contributed by atoms with Crippen molar-refractivity contribution in [3.05, 3.63) is 47.0 Å². The minimum atomic E-state index is -1.02. The Morgan fingerprint density at radius 3 is 2.48 bits per heavy atom. The predicted octanol–water partition coefficient (Wildman–Crippen LogP) is 5.59. The van der Waals surface area contributed by atoms with Crippen LogP contribution in [0, 0.1) is 19.8 Å². The van der Waals surface area contributed by atoms with E-state index in [4.69, 9.17) is 14.2 Å². The lowest BCUT2D eigenvalue weighted by molar-refractivity contribution is -0.145. The van der Waals surface area contributed by atoms with Gasteiger partial charge in [-0.2, -0.15) is 0 Å². The fourth-order valence-electron chi connectivity index (χ4n) is 4.33. The molecule has 0 radical (unpaired) electrons. The number of aryl methyl sites for hydroxylation is 1. The highest BCUT2D eigenvalue weighted by molar-refractivity contribution is 5.84. The highest BCUT2D eigenvalue weighted by Crippen LogP contribution is 2.37. The topological polar surface area (TPSA) is 77.0 Å². The van der Waals surface area contributed by atoms with Crippen LogP contribution >= 0.6 is 0 Å². The van der Waals surface area contributed by atoms with Crippen LogP contribution in [-0.2, 0) is 20.9 Å². The molecule has 0 amide bonds. The Labute approximate surface area is 197 Å². The third kappa shape index (κ3) is 5.87. The van der Waals surface area contributed by atoms with Crippen molar-refractivity contribution in [1.29, 1.82) is 0 Å². The molecule has 6 nitrogen and oxygen atoms in total. The zero-order chi connectivity index (χ0) is 24.0. The SMILES string of the molecule is CCOc1c(C)ccc(-c2ccc(NC3(C(=O)O)CCOCC3)cc2COCC(C)C)c1C. The van der Waals surface area contributed by atoms with Gasteiger partial charge in [0.2, 0.25) is 0 Å². The molecule has 0 aliphatic carbocycles. The minimum absolute atomic E-state index is 0.429. The van der Waals surface area contributed by atoms with E-state index in [0.29, 0.717) is 51.8 Å². The number of carboxylic acid groups (broad SMARTS) is 1. The fraction of sp³-hybridized carbons (Fsp3) is 0.519. The van der Waals surface area contributed by atoms with Gasteiger partial charge in [0.05, 0.1) is 13.2 Å². The summed E-state index contributed by atoms with van der Waals surface area (Å²) in [6, 6.07) is 10.2. The van der Waals surface area contributed by atoms with Crippen molar-refractivity contribution in [2.45, 2.75) is 59.6 Å². The molecule has 1 heterocycles. The Morgan fingerprint density at radius 2 is 1.85 bits per heavy atom. The molecule has 0 saturated carbocycles. The van der Waals surface area contributed by atoms with Gasteiger partial charge >= 0.3 is 5.97 Å². The average Bonchev–Trinajstić information content (AvgIpc) is 2.78. The number of hydrogen-bond donors (Lipinski definition) is 2. The van der Waals surface area contributed by atoms with E-state index in [1.54, 1.807) is 0 Å². The lowest BCUT2D eigenvalue weighted by Crippen LogP contribution is -2.50. The van der Waals surface area contributed by atoms with Crippen molar-refractivity contribution in [1.82, 2.24) is 0 Å². The van der Waals surface area contributed by atoms with Crippen LogP contribution in [0.4, 0.5) is 5.69 Å². The molecule has 0 aromatic heterocycles. The van der Waals surface area contributed by atoms with Gasteiger partial charge in [0.1, 0.15) is 11.3 Å². The predicted molar refractivity (Wildman–Crippen MR) is 131 cm³/mol. The Bertz CT molecular complexity index is 963. The molecule has 2 aromatic rings. The smallest absolute Gasteiger partial charge is 0.329 e. The monoisotopic (exact) mass is 455 g/mol. The maximum atomic E-state index is 12.1. The van der Waals surface area contributed by atoms with Crippen LogP contribution < -0.4 is 10.1 Å². The summed E-state index contributed by atoms with van der Waals surface area (Å²) < 4.78 is 17.3. The van der Waals surface area contributed by atoms with Crippen LogP contribution in [-0.4, -0.2) is 43.0 Å². The van der Waals surface area contributed by atoms with Gasteiger partial charge in [0, 0.05) is 38.3 Å². The van der Waals surface area contributed by atoms with Crippen LogP contribution in [0.2, 0.25) is 0 Å². The second-order valence-electron chi connectivity index (χ2n) is 9.22. The number of benzene rings is 2. The molecule has 2 N–H and O–H groups in total. The maximum Gasteiger partial charge on any atom is 0.329 e. The van der Waals surface area contributed by atoms with E-state index in [1.807, 2.05) is 19.1 Å². The van der Waals surface area contributed by atoms with Crippen LogP contribution in [0.5, 0.6) is 5.75 Å². The molecule has 2 aromatic carbocycles. The summed E-state index contributed by atoms with van der Waals surface area (Å²) >= 11 is 0. The first-order valence-corrected chi connectivity index (χ1v) is 11.8. The molecular weight excluding hydrogens is 418 g/mol. The lowest BCUT2D eigenvalue weighted by Gasteiger charge is -2.35. The summed E-state index contributed by atoms with van der Waals surface area (Å²) in [7, 11) is 0. The molecule has 1 fully saturated rings. The van der Waals surface area contributed by atoms with E-state index >= 15 is 0 Å². The first-order valence-electron chi connectivity index (χ1n) is 11.8. The Hall–Kier alpha value is -2.57. The van der Waals surface area contributed by atoms with Crippen molar-refractivity contribution in [3.63, 3.8) is 0 Å². The summed E-state index contributed by atoms with van der Waals surface area (Å²) in [5.41, 5.74) is 5.14. The number of hydrogen-bond acceptors (Lipinski definition) is 5. The Kier molecular flexibility index (Phi) is 8.38. The molecule has 0 unspecified atom stereocenters. The fourth-order valence-corrected chi connectivity index (χ4v) is 4.33. The number of aliphatic carboxylic acids is 1. The number of rotatable bonds is 10. The normalized spacial score (nSPS) is 15.5. The van der Waals surface area contributed by atoms with Crippen LogP contribution in [0.15, 0.2) is 30.3 Å².